The highest BCUT2D eigenvalue weighted by atomic mass is 19.1. The van der Waals surface area contributed by atoms with Crippen molar-refractivity contribution < 1.29 is 14.3 Å². The molecular formula is C19H23FO2. The fourth-order valence-corrected chi connectivity index (χ4v) is 5.48. The molecule has 0 unspecified atom stereocenters. The topological polar surface area (TPSA) is 37.3 Å². The molecule has 22 heavy (non-hydrogen) atoms. The van der Waals surface area contributed by atoms with Gasteiger partial charge >= 0.3 is 0 Å². The normalized spacial score (nSPS) is 44.0. The SMILES string of the molecule is C[C@]12CCC(O)=CC1=C(F)C[C@@H]1C2=CC[C@]2(C)C(=O)CC[C@@H]12. The molecule has 3 heteroatoms. The van der Waals surface area contributed by atoms with Crippen LogP contribution in [-0.4, -0.2) is 10.9 Å². The summed E-state index contributed by atoms with van der Waals surface area (Å²) in [6.45, 7) is 4.19. The van der Waals surface area contributed by atoms with Crippen molar-refractivity contribution in [1.29, 1.82) is 0 Å². The van der Waals surface area contributed by atoms with E-state index in [1.54, 1.807) is 6.08 Å². The van der Waals surface area contributed by atoms with Crippen molar-refractivity contribution in [3.8, 4) is 0 Å². The summed E-state index contributed by atoms with van der Waals surface area (Å²) in [5.41, 5.74) is 1.41. The first-order valence-electron chi connectivity index (χ1n) is 8.39. The minimum Gasteiger partial charge on any atom is -0.512 e. The summed E-state index contributed by atoms with van der Waals surface area (Å²) in [5.74, 6) is 1.00. The first kappa shape index (κ1) is 14.2. The number of aliphatic hydroxyl groups is 1. The quantitative estimate of drug-likeness (QED) is 0.653. The number of carbonyl (C=O) groups excluding carboxylic acids is 1. The molecule has 0 heterocycles. The molecule has 0 radical (unpaired) electrons. The van der Waals surface area contributed by atoms with Gasteiger partial charge in [-0.3, -0.25) is 4.79 Å². The van der Waals surface area contributed by atoms with Crippen LogP contribution in [0.2, 0.25) is 0 Å². The van der Waals surface area contributed by atoms with Crippen LogP contribution in [0, 0.1) is 22.7 Å². The van der Waals surface area contributed by atoms with Gasteiger partial charge in [-0.2, -0.15) is 0 Å². The monoisotopic (exact) mass is 302 g/mol. The Bertz CT molecular complexity index is 656. The molecule has 2 nitrogen and oxygen atoms in total. The number of rotatable bonds is 0. The molecule has 0 aliphatic heterocycles. The molecule has 1 N–H and O–H groups in total. The third-order valence-electron chi connectivity index (χ3n) is 6.88. The number of hydrogen-bond acceptors (Lipinski definition) is 2. The Hall–Kier alpha value is -1.38. The van der Waals surface area contributed by atoms with E-state index in [1.165, 1.54) is 5.57 Å². The first-order chi connectivity index (χ1) is 10.4. The minimum atomic E-state index is -0.299. The molecule has 0 amide bonds. The van der Waals surface area contributed by atoms with Crippen LogP contribution in [0.1, 0.15) is 52.4 Å². The highest BCUT2D eigenvalue weighted by Crippen LogP contribution is 2.62. The van der Waals surface area contributed by atoms with Gasteiger partial charge in [-0.1, -0.05) is 25.5 Å². The first-order valence-corrected chi connectivity index (χ1v) is 8.39. The van der Waals surface area contributed by atoms with Crippen LogP contribution in [0.4, 0.5) is 4.39 Å². The lowest BCUT2D eigenvalue weighted by Crippen LogP contribution is -2.43. The standard InChI is InChI=1S/C19H23FO2/c1-18-7-5-11(21)9-15(18)16(20)10-12-13-3-4-17(22)19(13,2)8-6-14(12)18/h6,9,12-13,21H,3-5,7-8,10H2,1-2H3/t12-,13-,18+,19-/m0/s1. The van der Waals surface area contributed by atoms with Crippen molar-refractivity contribution in [3.05, 3.63) is 34.9 Å². The molecule has 1 saturated carbocycles. The third-order valence-corrected chi connectivity index (χ3v) is 6.88. The lowest BCUT2D eigenvalue weighted by atomic mass is 9.53. The molecule has 4 rings (SSSR count). The summed E-state index contributed by atoms with van der Waals surface area (Å²) >= 11 is 0. The molecule has 4 aliphatic rings. The fourth-order valence-electron chi connectivity index (χ4n) is 5.48. The number of halogens is 1. The van der Waals surface area contributed by atoms with Crippen molar-refractivity contribution >= 4 is 5.78 Å². The number of fused-ring (bicyclic) bond motifs is 5. The Morgan fingerprint density at radius 1 is 1.32 bits per heavy atom. The Morgan fingerprint density at radius 3 is 2.86 bits per heavy atom. The number of hydrogen-bond donors (Lipinski definition) is 1. The lowest BCUT2D eigenvalue weighted by Gasteiger charge is -2.50. The van der Waals surface area contributed by atoms with Gasteiger partial charge in [0.2, 0.25) is 0 Å². The van der Waals surface area contributed by atoms with Crippen molar-refractivity contribution in [3.63, 3.8) is 0 Å². The van der Waals surface area contributed by atoms with Crippen LogP contribution in [0.5, 0.6) is 0 Å². The van der Waals surface area contributed by atoms with E-state index in [1.807, 2.05) is 0 Å². The zero-order chi connectivity index (χ0) is 15.7. The van der Waals surface area contributed by atoms with Gasteiger partial charge in [0.25, 0.3) is 0 Å². The van der Waals surface area contributed by atoms with Crippen molar-refractivity contribution in [2.75, 3.05) is 0 Å². The van der Waals surface area contributed by atoms with Crippen LogP contribution in [0.25, 0.3) is 0 Å². The third kappa shape index (κ3) is 1.63. The minimum absolute atomic E-state index is 0.0838. The van der Waals surface area contributed by atoms with E-state index in [9.17, 15) is 14.3 Å². The lowest BCUT2D eigenvalue weighted by molar-refractivity contribution is -0.127. The molecule has 1 fully saturated rings. The summed E-state index contributed by atoms with van der Waals surface area (Å²) in [7, 11) is 0. The second kappa shape index (κ2) is 4.33. The van der Waals surface area contributed by atoms with Gasteiger partial charge in [-0.05, 0) is 42.7 Å². The smallest absolute Gasteiger partial charge is 0.139 e. The fraction of sp³-hybridized carbons (Fsp3) is 0.632. The molecule has 0 aromatic heterocycles. The number of carbonyl (C=O) groups is 1. The molecule has 0 saturated heterocycles. The van der Waals surface area contributed by atoms with Gasteiger partial charge in [-0.25, -0.2) is 4.39 Å². The van der Waals surface area contributed by atoms with E-state index in [-0.39, 0.29) is 28.5 Å². The highest BCUT2D eigenvalue weighted by molar-refractivity contribution is 5.87. The number of allylic oxidation sites excluding steroid dienone is 6. The molecular weight excluding hydrogens is 279 g/mol. The van der Waals surface area contributed by atoms with E-state index in [0.29, 0.717) is 36.4 Å². The molecule has 0 aromatic rings. The predicted molar refractivity (Wildman–Crippen MR) is 82.8 cm³/mol. The Morgan fingerprint density at radius 2 is 2.09 bits per heavy atom. The van der Waals surface area contributed by atoms with E-state index in [4.69, 9.17) is 0 Å². The largest absolute Gasteiger partial charge is 0.512 e. The van der Waals surface area contributed by atoms with Crippen molar-refractivity contribution in [2.45, 2.75) is 52.4 Å². The number of aliphatic hydroxyl groups excluding tert-OH is 1. The zero-order valence-corrected chi connectivity index (χ0v) is 13.3. The molecule has 0 aromatic carbocycles. The van der Waals surface area contributed by atoms with Gasteiger partial charge in [0.15, 0.2) is 0 Å². The predicted octanol–water partition coefficient (Wildman–Crippen LogP) is 4.79. The molecule has 4 aliphatic carbocycles. The van der Waals surface area contributed by atoms with Crippen LogP contribution >= 0.6 is 0 Å². The van der Waals surface area contributed by atoms with Gasteiger partial charge in [0.1, 0.15) is 11.6 Å². The maximum absolute atomic E-state index is 14.8. The highest BCUT2D eigenvalue weighted by Gasteiger charge is 2.56. The van der Waals surface area contributed by atoms with Crippen LogP contribution in [0.15, 0.2) is 34.9 Å². The van der Waals surface area contributed by atoms with Crippen molar-refractivity contribution in [1.82, 2.24) is 0 Å². The summed E-state index contributed by atoms with van der Waals surface area (Å²) in [5, 5.41) is 9.80. The second-order valence-electron chi connectivity index (χ2n) is 7.95. The van der Waals surface area contributed by atoms with Crippen LogP contribution in [0.3, 0.4) is 0 Å². The number of ketones is 1. The van der Waals surface area contributed by atoms with Gasteiger partial charge in [0.05, 0.1) is 5.76 Å². The molecule has 0 bridgehead atoms. The van der Waals surface area contributed by atoms with Crippen LogP contribution in [-0.2, 0) is 4.79 Å². The summed E-state index contributed by atoms with van der Waals surface area (Å²) in [4.78, 5) is 12.3. The van der Waals surface area contributed by atoms with Crippen molar-refractivity contribution in [2.24, 2.45) is 22.7 Å². The average Bonchev–Trinajstić information content (AvgIpc) is 2.77. The van der Waals surface area contributed by atoms with Gasteiger partial charge < -0.3 is 5.11 Å². The van der Waals surface area contributed by atoms with Gasteiger partial charge in [0, 0.05) is 30.1 Å². The average molecular weight is 302 g/mol. The zero-order valence-electron chi connectivity index (χ0n) is 13.3. The second-order valence-corrected chi connectivity index (χ2v) is 7.95. The number of Topliss-reactive ketones (excluding diaryl/α,β-unsaturated/α-hetero) is 1. The maximum Gasteiger partial charge on any atom is 0.139 e. The summed E-state index contributed by atoms with van der Waals surface area (Å²) in [6.07, 6.45) is 7.98. The van der Waals surface area contributed by atoms with E-state index < -0.39 is 0 Å². The Kier molecular flexibility index (Phi) is 2.80. The Labute approximate surface area is 130 Å². The molecule has 0 spiro atoms. The van der Waals surface area contributed by atoms with E-state index in [2.05, 4.69) is 19.9 Å². The van der Waals surface area contributed by atoms with Crippen LogP contribution < -0.4 is 0 Å². The van der Waals surface area contributed by atoms with E-state index >= 15 is 0 Å². The molecule has 118 valence electrons. The maximum atomic E-state index is 14.8. The summed E-state index contributed by atoms with van der Waals surface area (Å²) in [6, 6.07) is 0. The summed E-state index contributed by atoms with van der Waals surface area (Å²) < 4.78 is 14.8. The molecule has 4 atom stereocenters. The van der Waals surface area contributed by atoms with Gasteiger partial charge in [-0.15, -0.1) is 0 Å². The Balaban J connectivity index is 1.84. The van der Waals surface area contributed by atoms with E-state index in [0.717, 1.165) is 19.3 Å².